The first-order valence-electron chi connectivity index (χ1n) is 4.41. The third kappa shape index (κ3) is 1.81. The van der Waals surface area contributed by atoms with Crippen LogP contribution in [0.1, 0.15) is 0 Å². The highest BCUT2D eigenvalue weighted by atomic mass is 16.6. The van der Waals surface area contributed by atoms with Crippen LogP contribution in [0.15, 0.2) is 36.9 Å². The Morgan fingerprint density at radius 1 is 1.25 bits per heavy atom. The lowest BCUT2D eigenvalue weighted by molar-refractivity contribution is -0.384. The van der Waals surface area contributed by atoms with Gasteiger partial charge >= 0.3 is 0 Å². The lowest BCUT2D eigenvalue weighted by Gasteiger charge is -2.02. The van der Waals surface area contributed by atoms with E-state index >= 15 is 0 Å². The monoisotopic (exact) mass is 217 g/mol. The van der Waals surface area contributed by atoms with Gasteiger partial charge in [-0.25, -0.2) is 9.97 Å². The number of aromatic nitrogens is 2. The Morgan fingerprint density at radius 3 is 2.50 bits per heavy atom. The molecule has 0 radical (unpaired) electrons. The van der Waals surface area contributed by atoms with Crippen molar-refractivity contribution < 1.29 is 10.0 Å². The van der Waals surface area contributed by atoms with Crippen molar-refractivity contribution in [2.75, 3.05) is 0 Å². The van der Waals surface area contributed by atoms with E-state index in [4.69, 9.17) is 0 Å². The Labute approximate surface area is 90.4 Å². The van der Waals surface area contributed by atoms with Crippen LogP contribution in [-0.4, -0.2) is 20.0 Å². The Balaban J connectivity index is 2.48. The first-order chi connectivity index (χ1) is 7.68. The predicted molar refractivity (Wildman–Crippen MR) is 55.8 cm³/mol. The molecule has 16 heavy (non-hydrogen) atoms. The van der Waals surface area contributed by atoms with E-state index in [0.717, 1.165) is 6.07 Å². The van der Waals surface area contributed by atoms with Crippen LogP contribution in [0.3, 0.4) is 0 Å². The van der Waals surface area contributed by atoms with Gasteiger partial charge in [0.15, 0.2) is 0 Å². The van der Waals surface area contributed by atoms with Gasteiger partial charge < -0.3 is 5.11 Å². The summed E-state index contributed by atoms with van der Waals surface area (Å²) in [5, 5.41) is 20.1. The average Bonchev–Trinajstić information content (AvgIpc) is 2.30. The Kier molecular flexibility index (Phi) is 2.47. The van der Waals surface area contributed by atoms with Crippen molar-refractivity contribution in [1.82, 2.24) is 9.97 Å². The maximum absolute atomic E-state index is 10.5. The van der Waals surface area contributed by atoms with E-state index in [1.807, 2.05) is 0 Å². The molecule has 0 aliphatic heterocycles. The number of nitrogens with zero attached hydrogens (tertiary/aromatic N) is 3. The number of benzene rings is 1. The zero-order valence-electron chi connectivity index (χ0n) is 8.07. The zero-order valence-corrected chi connectivity index (χ0v) is 8.07. The quantitative estimate of drug-likeness (QED) is 0.611. The molecule has 80 valence electrons. The summed E-state index contributed by atoms with van der Waals surface area (Å²) in [4.78, 5) is 17.5. The van der Waals surface area contributed by atoms with Crippen LogP contribution in [0.4, 0.5) is 5.69 Å². The maximum atomic E-state index is 10.5. The first-order valence-corrected chi connectivity index (χ1v) is 4.41. The van der Waals surface area contributed by atoms with Crippen LogP contribution >= 0.6 is 0 Å². The van der Waals surface area contributed by atoms with Crippen molar-refractivity contribution in [3.8, 4) is 16.9 Å². The van der Waals surface area contributed by atoms with E-state index < -0.39 is 4.92 Å². The molecule has 1 heterocycles. The molecule has 1 aromatic heterocycles. The molecule has 2 aromatic rings. The molecule has 6 heteroatoms. The van der Waals surface area contributed by atoms with E-state index in [1.165, 1.54) is 30.9 Å². The van der Waals surface area contributed by atoms with Crippen molar-refractivity contribution in [2.24, 2.45) is 0 Å². The van der Waals surface area contributed by atoms with Crippen molar-refractivity contribution in [3.63, 3.8) is 0 Å². The molecule has 0 spiro atoms. The van der Waals surface area contributed by atoms with E-state index in [2.05, 4.69) is 9.97 Å². The van der Waals surface area contributed by atoms with Gasteiger partial charge in [0.1, 0.15) is 12.1 Å². The Hall–Kier alpha value is -2.50. The van der Waals surface area contributed by atoms with Crippen molar-refractivity contribution in [3.05, 3.63) is 47.0 Å². The van der Waals surface area contributed by atoms with Gasteiger partial charge in [-0.3, -0.25) is 10.1 Å². The summed E-state index contributed by atoms with van der Waals surface area (Å²) in [6.07, 6.45) is 4.41. The number of hydrogen-bond acceptors (Lipinski definition) is 5. The summed E-state index contributed by atoms with van der Waals surface area (Å²) in [6, 6.07) is 3.89. The molecule has 2 rings (SSSR count). The molecule has 0 saturated heterocycles. The number of nitro groups is 1. The summed E-state index contributed by atoms with van der Waals surface area (Å²) in [6.45, 7) is 0. The Bertz CT molecular complexity index is 528. The van der Waals surface area contributed by atoms with Crippen LogP contribution in [0.5, 0.6) is 5.75 Å². The molecule has 0 aliphatic carbocycles. The van der Waals surface area contributed by atoms with E-state index in [0.29, 0.717) is 11.1 Å². The van der Waals surface area contributed by atoms with Crippen molar-refractivity contribution >= 4 is 5.69 Å². The zero-order chi connectivity index (χ0) is 11.5. The highest BCUT2D eigenvalue weighted by molar-refractivity contribution is 5.70. The number of rotatable bonds is 2. The molecule has 6 nitrogen and oxygen atoms in total. The van der Waals surface area contributed by atoms with Gasteiger partial charge in [0.05, 0.1) is 11.0 Å². The second-order valence-corrected chi connectivity index (χ2v) is 3.09. The fourth-order valence-electron chi connectivity index (χ4n) is 1.32. The van der Waals surface area contributed by atoms with E-state index in [9.17, 15) is 15.2 Å². The lowest BCUT2D eigenvalue weighted by Crippen LogP contribution is -1.88. The highest BCUT2D eigenvalue weighted by Gasteiger charge is 2.11. The van der Waals surface area contributed by atoms with Crippen LogP contribution in [0, 0.1) is 10.1 Å². The molecular formula is C10H7N3O3. The second kappa shape index (κ2) is 3.93. The van der Waals surface area contributed by atoms with Crippen LogP contribution < -0.4 is 0 Å². The minimum absolute atomic E-state index is 0.155. The van der Waals surface area contributed by atoms with Gasteiger partial charge in [-0.05, 0) is 6.07 Å². The predicted octanol–water partition coefficient (Wildman–Crippen LogP) is 1.76. The smallest absolute Gasteiger partial charge is 0.273 e. The van der Waals surface area contributed by atoms with Gasteiger partial charge in [-0.2, -0.15) is 0 Å². The largest absolute Gasteiger partial charge is 0.507 e. The highest BCUT2D eigenvalue weighted by Crippen LogP contribution is 2.31. The number of non-ortho nitro benzene ring substituents is 1. The average molecular weight is 217 g/mol. The molecule has 0 fully saturated rings. The third-order valence-corrected chi connectivity index (χ3v) is 2.06. The number of phenolic OH excluding ortho intramolecular Hbond substituents is 1. The lowest BCUT2D eigenvalue weighted by atomic mass is 10.1. The molecule has 0 unspecified atom stereocenters. The number of hydrogen-bond donors (Lipinski definition) is 1. The summed E-state index contributed by atoms with van der Waals surface area (Å²) in [5.74, 6) is -0.163. The molecule has 0 bridgehead atoms. The third-order valence-electron chi connectivity index (χ3n) is 2.06. The summed E-state index contributed by atoms with van der Waals surface area (Å²) < 4.78 is 0. The summed E-state index contributed by atoms with van der Waals surface area (Å²) in [7, 11) is 0. The first kappa shape index (κ1) is 10.0. The van der Waals surface area contributed by atoms with Crippen LogP contribution in [0.25, 0.3) is 11.1 Å². The fourth-order valence-corrected chi connectivity index (χ4v) is 1.32. The summed E-state index contributed by atoms with van der Waals surface area (Å²) >= 11 is 0. The topological polar surface area (TPSA) is 89.2 Å². The standard InChI is InChI=1S/C10H7N3O3/c14-10-3-8(13(15)16)1-2-9(10)7-4-11-6-12-5-7/h1-6,14H. The normalized spacial score (nSPS) is 10.0. The molecule has 0 amide bonds. The molecule has 1 aromatic carbocycles. The fraction of sp³-hybridized carbons (Fsp3) is 0. The molecule has 0 atom stereocenters. The van der Waals surface area contributed by atoms with E-state index in [1.54, 1.807) is 0 Å². The minimum Gasteiger partial charge on any atom is -0.507 e. The maximum Gasteiger partial charge on any atom is 0.273 e. The van der Waals surface area contributed by atoms with Crippen molar-refractivity contribution in [1.29, 1.82) is 0 Å². The number of nitro benzene ring substituents is 1. The Morgan fingerprint density at radius 2 is 1.94 bits per heavy atom. The van der Waals surface area contributed by atoms with Gasteiger partial charge in [-0.15, -0.1) is 0 Å². The van der Waals surface area contributed by atoms with Crippen molar-refractivity contribution in [2.45, 2.75) is 0 Å². The van der Waals surface area contributed by atoms with Crippen LogP contribution in [0.2, 0.25) is 0 Å². The number of phenols is 1. The van der Waals surface area contributed by atoms with Gasteiger partial charge in [0, 0.05) is 29.6 Å². The molecule has 1 N–H and O–H groups in total. The van der Waals surface area contributed by atoms with E-state index in [-0.39, 0.29) is 11.4 Å². The molecule has 0 saturated carbocycles. The van der Waals surface area contributed by atoms with Gasteiger partial charge in [0.25, 0.3) is 5.69 Å². The molecular weight excluding hydrogens is 210 g/mol. The minimum atomic E-state index is -0.564. The number of aromatic hydroxyl groups is 1. The molecule has 0 aliphatic rings. The SMILES string of the molecule is O=[N+]([O-])c1ccc(-c2cncnc2)c(O)c1. The van der Waals surface area contributed by atoms with Crippen LogP contribution in [-0.2, 0) is 0 Å². The van der Waals surface area contributed by atoms with Gasteiger partial charge in [0.2, 0.25) is 0 Å². The summed E-state index contributed by atoms with van der Waals surface area (Å²) in [5.41, 5.74) is 0.916. The second-order valence-electron chi connectivity index (χ2n) is 3.09. The van der Waals surface area contributed by atoms with Gasteiger partial charge in [-0.1, -0.05) is 0 Å².